The van der Waals surface area contributed by atoms with Crippen molar-refractivity contribution in [2.75, 3.05) is 13.1 Å². The second-order valence-electron chi connectivity index (χ2n) is 7.25. The monoisotopic (exact) mass is 353 g/mol. The van der Waals surface area contributed by atoms with Crippen molar-refractivity contribution in [3.05, 3.63) is 53.2 Å². The Kier molecular flexibility index (Phi) is 4.26. The molecule has 2 aromatic rings. The number of carbonyl (C=O) groups excluding carboxylic acids is 2. The summed E-state index contributed by atoms with van der Waals surface area (Å²) in [7, 11) is 0. The molecule has 6 heteroatoms. The number of hydrogen-bond donors (Lipinski definition) is 0. The van der Waals surface area contributed by atoms with Gasteiger partial charge < -0.3 is 14.2 Å². The van der Waals surface area contributed by atoms with Crippen LogP contribution in [0.15, 0.2) is 34.9 Å². The Labute approximate surface area is 152 Å². The van der Waals surface area contributed by atoms with E-state index in [-0.39, 0.29) is 23.8 Å². The van der Waals surface area contributed by atoms with E-state index in [2.05, 4.69) is 4.98 Å². The minimum absolute atomic E-state index is 0.0382. The second kappa shape index (κ2) is 6.59. The lowest BCUT2D eigenvalue weighted by Gasteiger charge is -2.35. The maximum atomic E-state index is 13.0. The summed E-state index contributed by atoms with van der Waals surface area (Å²) in [4.78, 5) is 34.0. The summed E-state index contributed by atoms with van der Waals surface area (Å²) in [5.74, 6) is 1.35. The number of fused-ring (bicyclic) bond motifs is 4. The fraction of sp³-hybridized carbons (Fsp3) is 0.450. The molecule has 3 fully saturated rings. The van der Waals surface area contributed by atoms with Gasteiger partial charge >= 0.3 is 0 Å². The number of pyridine rings is 1. The Balaban J connectivity index is 1.57. The Morgan fingerprint density at radius 2 is 2.12 bits per heavy atom. The van der Waals surface area contributed by atoms with Crippen LogP contribution < -0.4 is 0 Å². The van der Waals surface area contributed by atoms with Gasteiger partial charge in [0.2, 0.25) is 5.91 Å². The van der Waals surface area contributed by atoms with E-state index in [4.69, 9.17) is 4.42 Å². The molecule has 3 aliphatic heterocycles. The average Bonchev–Trinajstić information content (AvgIpc) is 2.80. The zero-order chi connectivity index (χ0) is 18.3. The molecule has 2 bridgehead atoms. The Hall–Kier alpha value is -2.63. The minimum atomic E-state index is -0.130. The van der Waals surface area contributed by atoms with Crippen LogP contribution in [0, 0.1) is 19.8 Å². The number of aromatic nitrogens is 1. The van der Waals surface area contributed by atoms with Crippen molar-refractivity contribution < 1.29 is 14.0 Å². The van der Waals surface area contributed by atoms with Gasteiger partial charge in [0, 0.05) is 25.3 Å². The van der Waals surface area contributed by atoms with Crippen molar-refractivity contribution in [1.82, 2.24) is 14.8 Å². The lowest BCUT2D eigenvalue weighted by Crippen LogP contribution is -2.47. The molecule has 5 heterocycles. The molecule has 26 heavy (non-hydrogen) atoms. The summed E-state index contributed by atoms with van der Waals surface area (Å²) in [6, 6.07) is 7.57. The van der Waals surface area contributed by atoms with Crippen molar-refractivity contribution in [1.29, 1.82) is 0 Å². The third kappa shape index (κ3) is 3.00. The minimum Gasteiger partial charge on any atom is -0.466 e. The average molecular weight is 353 g/mol. The molecular weight excluding hydrogens is 330 g/mol. The molecule has 0 radical (unpaired) electrons. The summed E-state index contributed by atoms with van der Waals surface area (Å²) in [5, 5.41) is 0. The number of piperidine rings is 1. The van der Waals surface area contributed by atoms with E-state index in [1.54, 1.807) is 12.3 Å². The predicted octanol–water partition coefficient (Wildman–Crippen LogP) is 2.55. The zero-order valence-electron chi connectivity index (χ0n) is 15.1. The number of aryl methyl sites for hydroxylation is 2. The van der Waals surface area contributed by atoms with Crippen molar-refractivity contribution in [2.24, 2.45) is 5.92 Å². The molecule has 0 N–H and O–H groups in total. The lowest BCUT2D eigenvalue weighted by molar-refractivity contribution is -0.140. The van der Waals surface area contributed by atoms with Crippen LogP contribution >= 0.6 is 0 Å². The van der Waals surface area contributed by atoms with Crippen LogP contribution in [-0.4, -0.2) is 45.7 Å². The van der Waals surface area contributed by atoms with Crippen molar-refractivity contribution >= 4 is 11.8 Å². The molecule has 0 unspecified atom stereocenters. The molecule has 2 atom stereocenters. The first-order valence-electron chi connectivity index (χ1n) is 9.09. The van der Waals surface area contributed by atoms with Gasteiger partial charge in [0.25, 0.3) is 5.91 Å². The third-order valence-corrected chi connectivity index (χ3v) is 5.41. The van der Waals surface area contributed by atoms with Crippen LogP contribution in [0.2, 0.25) is 0 Å². The van der Waals surface area contributed by atoms with Gasteiger partial charge in [0.05, 0.1) is 23.7 Å². The van der Waals surface area contributed by atoms with Crippen LogP contribution in [0.25, 0.3) is 0 Å². The van der Waals surface area contributed by atoms with E-state index >= 15 is 0 Å². The second-order valence-corrected chi connectivity index (χ2v) is 7.25. The predicted molar refractivity (Wildman–Crippen MR) is 95.4 cm³/mol. The molecule has 0 saturated carbocycles. The van der Waals surface area contributed by atoms with E-state index in [1.165, 1.54) is 0 Å². The molecule has 3 aliphatic rings. The topological polar surface area (TPSA) is 66.7 Å². The number of carbonyl (C=O) groups is 2. The molecule has 6 nitrogen and oxygen atoms in total. The highest BCUT2D eigenvalue weighted by atomic mass is 16.3. The van der Waals surface area contributed by atoms with E-state index in [9.17, 15) is 9.59 Å². The highest BCUT2D eigenvalue weighted by Crippen LogP contribution is 2.31. The first kappa shape index (κ1) is 16.8. The molecule has 2 amide bonds. The summed E-state index contributed by atoms with van der Waals surface area (Å²) >= 11 is 0. The highest BCUT2D eigenvalue weighted by Gasteiger charge is 2.42. The van der Waals surface area contributed by atoms with Crippen LogP contribution in [0.1, 0.15) is 40.4 Å². The zero-order valence-corrected chi connectivity index (χ0v) is 15.1. The first-order valence-corrected chi connectivity index (χ1v) is 9.09. The van der Waals surface area contributed by atoms with Gasteiger partial charge in [-0.25, -0.2) is 0 Å². The maximum Gasteiger partial charge on any atom is 0.257 e. The van der Waals surface area contributed by atoms with Gasteiger partial charge in [-0.2, -0.15) is 0 Å². The molecular formula is C20H23N3O3. The van der Waals surface area contributed by atoms with E-state index in [0.29, 0.717) is 31.0 Å². The van der Waals surface area contributed by atoms with E-state index < -0.39 is 0 Å². The van der Waals surface area contributed by atoms with Crippen molar-refractivity contribution in [2.45, 2.75) is 39.3 Å². The largest absolute Gasteiger partial charge is 0.466 e. The standard InChI is InChI=1S/C20H23N3O3/c1-13-9-18(14(2)26-13)20(25)22-10-15-6-7-17(12-22)23(19(15)24)11-16-5-3-4-8-21-16/h3-5,8-9,15,17H,6-7,10-12H2,1-2H3/t15-,17+/m0/s1. The number of rotatable bonds is 3. The fourth-order valence-corrected chi connectivity index (χ4v) is 4.09. The number of nitrogens with zero attached hydrogens (tertiary/aromatic N) is 3. The molecule has 0 spiro atoms. The molecule has 136 valence electrons. The van der Waals surface area contributed by atoms with E-state index in [0.717, 1.165) is 24.3 Å². The maximum absolute atomic E-state index is 13.0. The van der Waals surface area contributed by atoms with Crippen molar-refractivity contribution in [3.63, 3.8) is 0 Å². The Morgan fingerprint density at radius 3 is 2.81 bits per heavy atom. The van der Waals surface area contributed by atoms with Gasteiger partial charge in [-0.3, -0.25) is 14.6 Å². The normalized spacial score (nSPS) is 22.6. The van der Waals surface area contributed by atoms with Gasteiger partial charge in [-0.15, -0.1) is 0 Å². The van der Waals surface area contributed by atoms with Crippen LogP contribution in [0.5, 0.6) is 0 Å². The summed E-state index contributed by atoms with van der Waals surface area (Å²) in [5.41, 5.74) is 1.49. The highest BCUT2D eigenvalue weighted by molar-refractivity contribution is 5.96. The van der Waals surface area contributed by atoms with E-state index in [1.807, 2.05) is 41.8 Å². The van der Waals surface area contributed by atoms with Crippen LogP contribution in [0.3, 0.4) is 0 Å². The molecule has 5 rings (SSSR count). The van der Waals surface area contributed by atoms with Crippen molar-refractivity contribution in [3.8, 4) is 0 Å². The summed E-state index contributed by atoms with van der Waals surface area (Å²) in [6.45, 7) is 5.21. The van der Waals surface area contributed by atoms with Gasteiger partial charge in [-0.1, -0.05) is 6.07 Å². The Morgan fingerprint density at radius 1 is 1.27 bits per heavy atom. The number of furan rings is 1. The first-order chi connectivity index (χ1) is 12.5. The van der Waals surface area contributed by atoms with Crippen LogP contribution in [-0.2, 0) is 11.3 Å². The van der Waals surface area contributed by atoms with Gasteiger partial charge in [0.1, 0.15) is 11.5 Å². The lowest BCUT2D eigenvalue weighted by atomic mass is 9.94. The molecule has 0 aromatic carbocycles. The third-order valence-electron chi connectivity index (χ3n) is 5.41. The number of hydrogen-bond acceptors (Lipinski definition) is 4. The quantitative estimate of drug-likeness (QED) is 0.850. The fourth-order valence-electron chi connectivity index (χ4n) is 4.09. The SMILES string of the molecule is Cc1cc(C(=O)N2C[C@@H]3CC[C@H](C2)N(Cc2ccccn2)C3=O)c(C)o1. The molecule has 0 aliphatic carbocycles. The van der Waals surface area contributed by atoms with Crippen LogP contribution in [0.4, 0.5) is 0 Å². The molecule has 3 saturated heterocycles. The summed E-state index contributed by atoms with van der Waals surface area (Å²) in [6.07, 6.45) is 3.52. The summed E-state index contributed by atoms with van der Waals surface area (Å²) < 4.78 is 5.52. The number of amides is 2. The molecule has 2 aromatic heterocycles. The van der Waals surface area contributed by atoms with Gasteiger partial charge in [-0.05, 0) is 44.9 Å². The smallest absolute Gasteiger partial charge is 0.257 e. The van der Waals surface area contributed by atoms with Gasteiger partial charge in [0.15, 0.2) is 0 Å². The Bertz CT molecular complexity index is 830.